The van der Waals surface area contributed by atoms with Crippen molar-refractivity contribution in [3.8, 4) is 0 Å². The topological polar surface area (TPSA) is 120 Å². The standard InChI is InChI=1S/C22H17N5O4S/c1-2-31-22(28)15-9-3-4-10-16(15)26-20-19(27(29)30)21(25-13-24-20)32-17-11-5-7-14-8-6-12-23-18(14)17/h3-13H,2H2,1H3,(H,24,25,26). The van der Waals surface area contributed by atoms with Crippen LogP contribution in [-0.2, 0) is 4.74 Å². The first-order valence-corrected chi connectivity index (χ1v) is 10.4. The third-order valence-electron chi connectivity index (χ3n) is 4.45. The van der Waals surface area contributed by atoms with Crippen LogP contribution in [-0.4, -0.2) is 32.5 Å². The van der Waals surface area contributed by atoms with Crippen LogP contribution in [0.1, 0.15) is 17.3 Å². The van der Waals surface area contributed by atoms with E-state index in [1.165, 1.54) is 6.33 Å². The minimum Gasteiger partial charge on any atom is -0.462 e. The van der Waals surface area contributed by atoms with Crippen molar-refractivity contribution in [1.29, 1.82) is 0 Å². The molecule has 0 radical (unpaired) electrons. The minimum atomic E-state index is -0.545. The van der Waals surface area contributed by atoms with E-state index in [-0.39, 0.29) is 28.7 Å². The molecule has 0 amide bonds. The lowest BCUT2D eigenvalue weighted by Crippen LogP contribution is -2.09. The molecule has 0 bridgehead atoms. The summed E-state index contributed by atoms with van der Waals surface area (Å²) in [6.07, 6.45) is 2.91. The molecule has 160 valence electrons. The molecule has 4 rings (SSSR count). The van der Waals surface area contributed by atoms with Crippen molar-refractivity contribution in [2.24, 2.45) is 0 Å². The Morgan fingerprint density at radius 3 is 2.72 bits per heavy atom. The van der Waals surface area contributed by atoms with E-state index < -0.39 is 10.9 Å². The molecule has 0 unspecified atom stereocenters. The maximum atomic E-state index is 12.3. The molecule has 0 saturated heterocycles. The summed E-state index contributed by atoms with van der Waals surface area (Å²) >= 11 is 1.13. The van der Waals surface area contributed by atoms with E-state index in [9.17, 15) is 14.9 Å². The van der Waals surface area contributed by atoms with Gasteiger partial charge in [-0.25, -0.2) is 14.8 Å². The highest BCUT2D eigenvalue weighted by Gasteiger charge is 2.25. The molecule has 0 saturated carbocycles. The monoisotopic (exact) mass is 447 g/mol. The number of nitrogens with one attached hydrogen (secondary N) is 1. The Balaban J connectivity index is 1.74. The fraction of sp³-hybridized carbons (Fsp3) is 0.0909. The van der Waals surface area contributed by atoms with Crippen LogP contribution in [0.5, 0.6) is 0 Å². The number of pyridine rings is 1. The number of carbonyl (C=O) groups excluding carboxylic acids is 1. The van der Waals surface area contributed by atoms with Gasteiger partial charge in [0.05, 0.1) is 28.3 Å². The summed E-state index contributed by atoms with van der Waals surface area (Å²) in [4.78, 5) is 37.0. The average Bonchev–Trinajstić information content (AvgIpc) is 2.80. The van der Waals surface area contributed by atoms with Gasteiger partial charge in [0.15, 0.2) is 5.03 Å². The smallest absolute Gasteiger partial charge is 0.343 e. The van der Waals surface area contributed by atoms with Gasteiger partial charge in [-0.1, -0.05) is 42.1 Å². The molecular weight excluding hydrogens is 430 g/mol. The Kier molecular flexibility index (Phi) is 6.22. The lowest BCUT2D eigenvalue weighted by Gasteiger charge is -2.12. The number of aromatic nitrogens is 3. The van der Waals surface area contributed by atoms with Crippen LogP contribution in [0.25, 0.3) is 10.9 Å². The number of anilines is 2. The van der Waals surface area contributed by atoms with Crippen LogP contribution in [0.15, 0.2) is 77.0 Å². The normalized spacial score (nSPS) is 10.7. The van der Waals surface area contributed by atoms with Gasteiger partial charge in [0, 0.05) is 16.5 Å². The third-order valence-corrected chi connectivity index (χ3v) is 5.49. The number of ether oxygens (including phenoxy) is 1. The molecule has 2 heterocycles. The van der Waals surface area contributed by atoms with Crippen molar-refractivity contribution in [3.63, 3.8) is 0 Å². The second kappa shape index (κ2) is 9.40. The zero-order valence-corrected chi connectivity index (χ0v) is 17.7. The van der Waals surface area contributed by atoms with E-state index in [4.69, 9.17) is 4.74 Å². The number of rotatable bonds is 7. The molecule has 0 aliphatic heterocycles. The first-order valence-electron chi connectivity index (χ1n) is 9.62. The molecule has 10 heteroatoms. The lowest BCUT2D eigenvalue weighted by atomic mass is 10.2. The van der Waals surface area contributed by atoms with Crippen molar-refractivity contribution in [1.82, 2.24) is 15.0 Å². The zero-order valence-electron chi connectivity index (χ0n) is 16.9. The molecule has 0 atom stereocenters. The molecule has 9 nitrogen and oxygen atoms in total. The SMILES string of the molecule is CCOC(=O)c1ccccc1Nc1ncnc(Sc2cccc3cccnc23)c1[N+](=O)[O-]. The van der Waals surface area contributed by atoms with E-state index in [1.807, 2.05) is 30.3 Å². The quantitative estimate of drug-likeness (QED) is 0.180. The molecule has 0 spiro atoms. The number of hydrogen-bond donors (Lipinski definition) is 1. The number of esters is 1. The molecule has 2 aromatic carbocycles. The number of fused-ring (bicyclic) bond motifs is 1. The van der Waals surface area contributed by atoms with Crippen LogP contribution in [0.2, 0.25) is 0 Å². The predicted octanol–water partition coefficient (Wildman–Crippen LogP) is 5.00. The van der Waals surface area contributed by atoms with Gasteiger partial charge in [-0.15, -0.1) is 0 Å². The Morgan fingerprint density at radius 1 is 1.09 bits per heavy atom. The van der Waals surface area contributed by atoms with Crippen molar-refractivity contribution < 1.29 is 14.5 Å². The van der Waals surface area contributed by atoms with E-state index in [0.717, 1.165) is 27.6 Å². The van der Waals surface area contributed by atoms with Crippen LogP contribution in [0, 0.1) is 10.1 Å². The number of carbonyl (C=O) groups is 1. The molecule has 2 aromatic heterocycles. The van der Waals surface area contributed by atoms with Gasteiger partial charge in [-0.05, 0) is 31.2 Å². The molecule has 32 heavy (non-hydrogen) atoms. The molecule has 0 aliphatic carbocycles. The van der Waals surface area contributed by atoms with E-state index in [0.29, 0.717) is 5.69 Å². The van der Waals surface area contributed by atoms with Crippen LogP contribution >= 0.6 is 11.8 Å². The summed E-state index contributed by atoms with van der Waals surface area (Å²) in [5.41, 5.74) is 1.00. The molecule has 4 aromatic rings. The fourth-order valence-electron chi connectivity index (χ4n) is 3.06. The molecule has 0 fully saturated rings. The third kappa shape index (κ3) is 4.35. The van der Waals surface area contributed by atoms with Crippen LogP contribution in [0.4, 0.5) is 17.2 Å². The van der Waals surface area contributed by atoms with Gasteiger partial charge in [-0.3, -0.25) is 15.1 Å². The van der Waals surface area contributed by atoms with Crippen molar-refractivity contribution in [3.05, 3.63) is 82.8 Å². The minimum absolute atomic E-state index is 0.0301. The Bertz CT molecular complexity index is 1310. The zero-order chi connectivity index (χ0) is 22.5. The maximum Gasteiger partial charge on any atom is 0.343 e. The fourth-order valence-corrected chi connectivity index (χ4v) is 4.05. The van der Waals surface area contributed by atoms with E-state index in [2.05, 4.69) is 20.3 Å². The van der Waals surface area contributed by atoms with Gasteiger partial charge in [0.2, 0.25) is 5.82 Å². The Labute approximate surface area is 187 Å². The largest absolute Gasteiger partial charge is 0.462 e. The van der Waals surface area contributed by atoms with Crippen LogP contribution < -0.4 is 5.32 Å². The molecule has 0 aliphatic rings. The van der Waals surface area contributed by atoms with Crippen molar-refractivity contribution >= 4 is 45.8 Å². The summed E-state index contributed by atoms with van der Waals surface area (Å²) in [5.74, 6) is -0.568. The van der Waals surface area contributed by atoms with Gasteiger partial charge in [-0.2, -0.15) is 0 Å². The average molecular weight is 447 g/mol. The number of nitrogens with zero attached hydrogens (tertiary/aromatic N) is 4. The predicted molar refractivity (Wildman–Crippen MR) is 120 cm³/mol. The highest BCUT2D eigenvalue weighted by Crippen LogP contribution is 2.39. The Hall–Kier alpha value is -4.05. The summed E-state index contributed by atoms with van der Waals surface area (Å²) in [6.45, 7) is 1.91. The highest BCUT2D eigenvalue weighted by atomic mass is 32.2. The summed E-state index contributed by atoms with van der Waals surface area (Å²) < 4.78 is 5.07. The second-order valence-electron chi connectivity index (χ2n) is 6.46. The van der Waals surface area contributed by atoms with Gasteiger partial charge < -0.3 is 10.1 Å². The number of nitro groups is 1. The van der Waals surface area contributed by atoms with Gasteiger partial charge in [0.25, 0.3) is 0 Å². The highest BCUT2D eigenvalue weighted by molar-refractivity contribution is 7.99. The van der Waals surface area contributed by atoms with Gasteiger partial charge >= 0.3 is 11.7 Å². The van der Waals surface area contributed by atoms with Crippen molar-refractivity contribution in [2.45, 2.75) is 16.8 Å². The maximum absolute atomic E-state index is 12.3. The van der Waals surface area contributed by atoms with Crippen molar-refractivity contribution in [2.75, 3.05) is 11.9 Å². The van der Waals surface area contributed by atoms with E-state index >= 15 is 0 Å². The first kappa shape index (κ1) is 21.2. The first-order chi connectivity index (χ1) is 15.6. The Morgan fingerprint density at radius 2 is 1.91 bits per heavy atom. The summed E-state index contributed by atoms with van der Waals surface area (Å²) in [6, 6.07) is 15.9. The lowest BCUT2D eigenvalue weighted by molar-refractivity contribution is -0.387. The van der Waals surface area contributed by atoms with Gasteiger partial charge in [0.1, 0.15) is 6.33 Å². The van der Waals surface area contributed by atoms with Crippen LogP contribution in [0.3, 0.4) is 0 Å². The number of para-hydroxylation sites is 2. The van der Waals surface area contributed by atoms with E-state index in [1.54, 1.807) is 37.4 Å². The molecular formula is C22H17N5O4S. The number of benzene rings is 2. The molecule has 1 N–H and O–H groups in total. The second-order valence-corrected chi connectivity index (χ2v) is 7.49. The summed E-state index contributed by atoms with van der Waals surface area (Å²) in [7, 11) is 0. The number of hydrogen-bond acceptors (Lipinski definition) is 9. The summed E-state index contributed by atoms with van der Waals surface area (Å²) in [5, 5.41) is 15.9.